The first-order valence-corrected chi connectivity index (χ1v) is 20.2. The second kappa shape index (κ2) is 14.6. The molecule has 0 fully saturated rings. The summed E-state index contributed by atoms with van der Waals surface area (Å²) in [6.07, 6.45) is 0. The van der Waals surface area contributed by atoms with E-state index < -0.39 is 0 Å². The van der Waals surface area contributed by atoms with Gasteiger partial charge in [0.15, 0.2) is 5.82 Å². The van der Waals surface area contributed by atoms with Crippen LogP contribution in [0.25, 0.3) is 100 Å². The molecule has 0 aliphatic heterocycles. The van der Waals surface area contributed by atoms with Crippen LogP contribution in [-0.4, -0.2) is 19.1 Å². The molecule has 7 heteroatoms. The highest BCUT2D eigenvalue weighted by atomic mass is 15.0. The first-order chi connectivity index (χ1) is 30.6. The van der Waals surface area contributed by atoms with Crippen molar-refractivity contribution in [1.29, 1.82) is 15.8 Å². The minimum atomic E-state index is 0.565. The van der Waals surface area contributed by atoms with Crippen LogP contribution in [0.3, 0.4) is 0 Å². The van der Waals surface area contributed by atoms with Crippen LogP contribution in [0.4, 0.5) is 0 Å². The molecule has 0 saturated carbocycles. The molecule has 0 aliphatic rings. The van der Waals surface area contributed by atoms with E-state index in [2.05, 4.69) is 100 Å². The molecule has 11 aromatic rings. The SMILES string of the molecule is N#Cc1ccc2c(c1)c1cc(C#N)ccc1n2-c1ccc2c(c1)c1ccccc1n2-c1ccc(-c2ccc(-c3cc(-c4ccccc4)nc(-c4ccccc4)n3)cc2)c(C#N)c1. The van der Waals surface area contributed by atoms with Crippen molar-refractivity contribution < 1.29 is 0 Å². The highest BCUT2D eigenvalue weighted by Crippen LogP contribution is 2.39. The Bertz CT molecular complexity index is 3580. The van der Waals surface area contributed by atoms with Crippen molar-refractivity contribution >= 4 is 43.6 Å². The molecule has 0 bridgehead atoms. The molecule has 0 aliphatic carbocycles. The van der Waals surface area contributed by atoms with Gasteiger partial charge in [0.25, 0.3) is 0 Å². The summed E-state index contributed by atoms with van der Waals surface area (Å²) in [7, 11) is 0. The Kier molecular flexibility index (Phi) is 8.50. The minimum Gasteiger partial charge on any atom is -0.309 e. The Balaban J connectivity index is 0.990. The standard InChI is InChI=1S/C55H31N7/c56-32-35-15-24-52-46(27-35)47-28-36(33-57)16-25-53(47)62(52)43-22-26-54-48(30-43)45-13-7-8-14-51(45)61(54)42-21-23-44(41(29-42)34-58)37-17-19-39(20-18-37)50-31-49(38-9-3-1-4-10-38)59-55(60-50)40-11-5-2-6-12-40/h1-31H. The maximum absolute atomic E-state index is 10.6. The van der Waals surface area contributed by atoms with Crippen molar-refractivity contribution in [3.05, 3.63) is 205 Å². The molecule has 0 radical (unpaired) electrons. The Morgan fingerprint density at radius 3 is 1.45 bits per heavy atom. The third-order valence-electron chi connectivity index (χ3n) is 11.6. The minimum absolute atomic E-state index is 0.565. The molecule has 286 valence electrons. The first kappa shape index (κ1) is 36.0. The van der Waals surface area contributed by atoms with Crippen molar-refractivity contribution in [3.8, 4) is 74.6 Å². The molecule has 11 rings (SSSR count). The van der Waals surface area contributed by atoms with E-state index in [1.54, 1.807) is 0 Å². The van der Waals surface area contributed by atoms with Crippen LogP contribution in [-0.2, 0) is 0 Å². The number of fused-ring (bicyclic) bond motifs is 6. The number of para-hydroxylation sites is 1. The fraction of sp³-hybridized carbons (Fsp3) is 0. The summed E-state index contributed by atoms with van der Waals surface area (Å²) in [6.45, 7) is 0. The van der Waals surface area contributed by atoms with E-state index in [-0.39, 0.29) is 0 Å². The maximum Gasteiger partial charge on any atom is 0.160 e. The molecular weight excluding hydrogens is 759 g/mol. The van der Waals surface area contributed by atoms with E-state index in [4.69, 9.17) is 9.97 Å². The van der Waals surface area contributed by atoms with Crippen LogP contribution in [0.15, 0.2) is 188 Å². The lowest BCUT2D eigenvalue weighted by Crippen LogP contribution is -1.97. The zero-order valence-corrected chi connectivity index (χ0v) is 33.0. The molecule has 0 N–H and O–H groups in total. The van der Waals surface area contributed by atoms with Crippen LogP contribution in [0, 0.1) is 34.0 Å². The van der Waals surface area contributed by atoms with Crippen molar-refractivity contribution in [2.75, 3.05) is 0 Å². The normalized spacial score (nSPS) is 11.2. The Labute approximate surface area is 356 Å². The molecule has 0 amide bonds. The zero-order chi connectivity index (χ0) is 41.7. The fourth-order valence-corrected chi connectivity index (χ4v) is 8.72. The van der Waals surface area contributed by atoms with Crippen LogP contribution >= 0.6 is 0 Å². The monoisotopic (exact) mass is 789 g/mol. The van der Waals surface area contributed by atoms with E-state index in [1.165, 1.54) is 0 Å². The first-order valence-electron chi connectivity index (χ1n) is 20.2. The quantitative estimate of drug-likeness (QED) is 0.167. The molecule has 3 heterocycles. The lowest BCUT2D eigenvalue weighted by atomic mass is 9.97. The highest BCUT2D eigenvalue weighted by molar-refractivity contribution is 6.12. The summed E-state index contributed by atoms with van der Waals surface area (Å²) in [4.78, 5) is 9.93. The summed E-state index contributed by atoms with van der Waals surface area (Å²) in [6, 6.07) is 69.7. The third kappa shape index (κ3) is 5.96. The highest BCUT2D eigenvalue weighted by Gasteiger charge is 2.19. The molecule has 0 atom stereocenters. The van der Waals surface area contributed by atoms with Crippen molar-refractivity contribution in [2.24, 2.45) is 0 Å². The number of rotatable bonds is 6. The number of hydrogen-bond donors (Lipinski definition) is 0. The molecule has 0 spiro atoms. The predicted molar refractivity (Wildman–Crippen MR) is 247 cm³/mol. The van der Waals surface area contributed by atoms with Gasteiger partial charge in [0, 0.05) is 49.6 Å². The van der Waals surface area contributed by atoms with Crippen molar-refractivity contribution in [2.45, 2.75) is 0 Å². The largest absolute Gasteiger partial charge is 0.309 e. The number of nitriles is 3. The molecule has 8 aromatic carbocycles. The number of benzene rings is 8. The van der Waals surface area contributed by atoms with Crippen LogP contribution < -0.4 is 0 Å². The number of hydrogen-bond acceptors (Lipinski definition) is 5. The van der Waals surface area contributed by atoms with Gasteiger partial charge in [-0.1, -0.05) is 109 Å². The Hall–Kier alpha value is -9.09. The fourth-order valence-electron chi connectivity index (χ4n) is 8.72. The van der Waals surface area contributed by atoms with E-state index in [1.807, 2.05) is 115 Å². The lowest BCUT2D eigenvalue weighted by Gasteiger charge is -2.13. The van der Waals surface area contributed by atoms with Gasteiger partial charge in [-0.3, -0.25) is 0 Å². The number of aromatic nitrogens is 4. The molecule has 0 unspecified atom stereocenters. The second-order valence-corrected chi connectivity index (χ2v) is 15.2. The summed E-state index contributed by atoms with van der Waals surface area (Å²) in [5.74, 6) is 0.659. The molecule has 3 aromatic heterocycles. The Morgan fingerprint density at radius 2 is 0.839 bits per heavy atom. The second-order valence-electron chi connectivity index (χ2n) is 15.2. The summed E-state index contributed by atoms with van der Waals surface area (Å²) in [5.41, 5.74) is 13.8. The number of nitrogens with zero attached hydrogens (tertiary/aromatic N) is 7. The average Bonchev–Trinajstić information content (AvgIpc) is 3.85. The van der Waals surface area contributed by atoms with Gasteiger partial charge < -0.3 is 9.13 Å². The lowest BCUT2D eigenvalue weighted by molar-refractivity contribution is 1.16. The van der Waals surface area contributed by atoms with Gasteiger partial charge in [0.05, 0.1) is 68.4 Å². The Morgan fingerprint density at radius 1 is 0.355 bits per heavy atom. The predicted octanol–water partition coefficient (Wildman–Crippen LogP) is 13.0. The summed E-state index contributed by atoms with van der Waals surface area (Å²) < 4.78 is 4.41. The van der Waals surface area contributed by atoms with Crippen LogP contribution in [0.5, 0.6) is 0 Å². The molecule has 7 nitrogen and oxygen atoms in total. The topological polar surface area (TPSA) is 107 Å². The third-order valence-corrected chi connectivity index (χ3v) is 11.6. The van der Waals surface area contributed by atoms with Gasteiger partial charge >= 0.3 is 0 Å². The van der Waals surface area contributed by atoms with Crippen molar-refractivity contribution in [3.63, 3.8) is 0 Å². The van der Waals surface area contributed by atoms with E-state index >= 15 is 0 Å². The maximum atomic E-state index is 10.6. The van der Waals surface area contributed by atoms with Crippen LogP contribution in [0.1, 0.15) is 16.7 Å². The molecular formula is C55H31N7. The van der Waals surface area contributed by atoms with E-state index in [0.717, 1.165) is 94.2 Å². The van der Waals surface area contributed by atoms with Gasteiger partial charge in [-0.15, -0.1) is 0 Å². The van der Waals surface area contributed by atoms with Gasteiger partial charge in [0.2, 0.25) is 0 Å². The van der Waals surface area contributed by atoms with E-state index in [9.17, 15) is 15.8 Å². The van der Waals surface area contributed by atoms with Crippen LogP contribution in [0.2, 0.25) is 0 Å². The van der Waals surface area contributed by atoms with Gasteiger partial charge in [-0.25, -0.2) is 9.97 Å². The van der Waals surface area contributed by atoms with Gasteiger partial charge in [-0.2, -0.15) is 15.8 Å². The molecule has 0 saturated heterocycles. The summed E-state index contributed by atoms with van der Waals surface area (Å²) in [5, 5.41) is 34.0. The zero-order valence-electron chi connectivity index (χ0n) is 33.0. The van der Waals surface area contributed by atoms with E-state index in [0.29, 0.717) is 22.5 Å². The summed E-state index contributed by atoms with van der Waals surface area (Å²) >= 11 is 0. The average molecular weight is 790 g/mol. The molecule has 62 heavy (non-hydrogen) atoms. The van der Waals surface area contributed by atoms with Crippen molar-refractivity contribution in [1.82, 2.24) is 19.1 Å². The van der Waals surface area contributed by atoms with Gasteiger partial charge in [-0.05, 0) is 90.0 Å². The smallest absolute Gasteiger partial charge is 0.160 e. The van der Waals surface area contributed by atoms with Gasteiger partial charge in [0.1, 0.15) is 0 Å².